The van der Waals surface area contributed by atoms with Gasteiger partial charge in [0.05, 0.1) is 21.9 Å². The second-order valence-corrected chi connectivity index (χ2v) is 11.6. The van der Waals surface area contributed by atoms with Crippen molar-refractivity contribution in [2.75, 3.05) is 18.0 Å². The number of anilines is 1. The van der Waals surface area contributed by atoms with Crippen LogP contribution in [0, 0.1) is 5.92 Å². The third-order valence-corrected chi connectivity index (χ3v) is 9.47. The van der Waals surface area contributed by atoms with E-state index in [0.29, 0.717) is 36.0 Å². The van der Waals surface area contributed by atoms with E-state index in [9.17, 15) is 18.3 Å². The fraction of sp³-hybridized carbons (Fsp3) is 0.500. The third-order valence-electron chi connectivity index (χ3n) is 6.53. The zero-order valence-electron chi connectivity index (χ0n) is 17.5. The van der Waals surface area contributed by atoms with Crippen LogP contribution in [-0.4, -0.2) is 54.2 Å². The Balaban J connectivity index is 1.54. The molecule has 0 bridgehead atoms. The van der Waals surface area contributed by atoms with Crippen LogP contribution in [0.2, 0.25) is 10.0 Å². The second-order valence-electron chi connectivity index (χ2n) is 8.66. The first-order chi connectivity index (χ1) is 14.6. The van der Waals surface area contributed by atoms with E-state index in [-0.39, 0.29) is 18.5 Å². The Morgan fingerprint density at radius 3 is 2.45 bits per heavy atom. The number of hydrogen-bond acceptors (Lipinski definition) is 4. The predicted molar refractivity (Wildman–Crippen MR) is 123 cm³/mol. The Morgan fingerprint density at radius 2 is 1.84 bits per heavy atom. The minimum Gasteiger partial charge on any atom is -0.481 e. The normalized spacial score (nSPS) is 29.4. The number of carbonyl (C=O) groups is 1. The van der Waals surface area contributed by atoms with E-state index in [1.165, 1.54) is 0 Å². The van der Waals surface area contributed by atoms with Crippen LogP contribution in [0.4, 0.5) is 5.69 Å². The molecule has 1 saturated heterocycles. The fourth-order valence-electron chi connectivity index (χ4n) is 5.21. The number of benzene rings is 1. The Kier molecular flexibility index (Phi) is 6.16. The number of hydrogen-bond donors (Lipinski definition) is 1. The molecule has 1 aromatic carbocycles. The van der Waals surface area contributed by atoms with Crippen LogP contribution in [0.25, 0.3) is 0 Å². The van der Waals surface area contributed by atoms with Crippen molar-refractivity contribution in [3.63, 3.8) is 0 Å². The summed E-state index contributed by atoms with van der Waals surface area (Å²) in [6, 6.07) is 4.80. The first kappa shape index (κ1) is 22.6. The van der Waals surface area contributed by atoms with Crippen LogP contribution in [0.1, 0.15) is 33.1 Å². The zero-order valence-corrected chi connectivity index (χ0v) is 19.8. The van der Waals surface area contributed by atoms with E-state index in [1.54, 1.807) is 22.5 Å². The molecule has 0 amide bonds. The molecule has 1 heterocycles. The van der Waals surface area contributed by atoms with Gasteiger partial charge in [0.25, 0.3) is 0 Å². The number of aliphatic carboxylic acids is 1. The molecule has 1 aromatic rings. The summed E-state index contributed by atoms with van der Waals surface area (Å²) in [6.45, 7) is 4.81. The van der Waals surface area contributed by atoms with Crippen LogP contribution in [-0.2, 0) is 14.8 Å². The lowest BCUT2D eigenvalue weighted by atomic mass is 9.93. The fourth-order valence-corrected chi connectivity index (χ4v) is 7.85. The summed E-state index contributed by atoms with van der Waals surface area (Å²) < 4.78 is 28.8. The van der Waals surface area contributed by atoms with Gasteiger partial charge in [-0.2, -0.15) is 4.31 Å². The molecule has 0 spiro atoms. The van der Waals surface area contributed by atoms with Gasteiger partial charge < -0.3 is 10.0 Å². The largest absolute Gasteiger partial charge is 0.481 e. The molecular weight excluding hydrogens is 459 g/mol. The number of nitrogens with zero attached hydrogens (tertiary/aromatic N) is 2. The lowest BCUT2D eigenvalue weighted by Gasteiger charge is -2.45. The van der Waals surface area contributed by atoms with Gasteiger partial charge in [0.2, 0.25) is 10.0 Å². The van der Waals surface area contributed by atoms with E-state index < -0.39 is 27.2 Å². The van der Waals surface area contributed by atoms with Gasteiger partial charge in [0.1, 0.15) is 0 Å². The summed E-state index contributed by atoms with van der Waals surface area (Å²) in [5, 5.41) is 9.87. The summed E-state index contributed by atoms with van der Waals surface area (Å²) in [6.07, 6.45) is 5.06. The van der Waals surface area contributed by atoms with Gasteiger partial charge in [0.15, 0.2) is 0 Å². The molecule has 1 aliphatic heterocycles. The molecule has 31 heavy (non-hydrogen) atoms. The van der Waals surface area contributed by atoms with Crippen molar-refractivity contribution in [1.82, 2.24) is 4.31 Å². The van der Waals surface area contributed by atoms with Crippen molar-refractivity contribution in [3.05, 3.63) is 51.5 Å². The first-order valence-electron chi connectivity index (χ1n) is 10.4. The van der Waals surface area contributed by atoms with E-state index in [4.69, 9.17) is 23.2 Å². The average molecular weight is 485 g/mol. The standard InChI is InChI=1S/C22H26Cl2N2O4S/c1-13-11-25(21-8-5-16(23)9-20(21)24)12-14(2)26(13)31(29,30)17-6-3-15-4-7-18(22(27)28)19(15)10-17/h3,5-6,8-9,13-14,17-18H,4,7,10-12H2,1-2H3,(H,27,28)/t13-,14+,17?,18?. The second kappa shape index (κ2) is 8.43. The number of carboxylic acids is 1. The predicted octanol–water partition coefficient (Wildman–Crippen LogP) is 4.34. The van der Waals surface area contributed by atoms with Crippen molar-refractivity contribution >= 4 is 44.9 Å². The Labute approximate surface area is 193 Å². The molecule has 1 fully saturated rings. The summed E-state index contributed by atoms with van der Waals surface area (Å²) in [7, 11) is -3.66. The highest BCUT2D eigenvalue weighted by Crippen LogP contribution is 2.41. The molecule has 2 aliphatic carbocycles. The molecule has 168 valence electrons. The highest BCUT2D eigenvalue weighted by atomic mass is 35.5. The van der Waals surface area contributed by atoms with Gasteiger partial charge in [0, 0.05) is 30.2 Å². The van der Waals surface area contributed by atoms with Crippen molar-refractivity contribution in [2.24, 2.45) is 5.92 Å². The summed E-state index contributed by atoms with van der Waals surface area (Å²) >= 11 is 12.4. The van der Waals surface area contributed by atoms with Gasteiger partial charge in [-0.3, -0.25) is 4.79 Å². The molecule has 6 nitrogen and oxygen atoms in total. The molecule has 0 radical (unpaired) electrons. The molecule has 1 N–H and O–H groups in total. The monoisotopic (exact) mass is 484 g/mol. The quantitative estimate of drug-likeness (QED) is 0.687. The van der Waals surface area contributed by atoms with Crippen LogP contribution >= 0.6 is 23.2 Å². The summed E-state index contributed by atoms with van der Waals surface area (Å²) in [5.74, 6) is -1.44. The number of allylic oxidation sites excluding steroid dienone is 2. The number of halogens is 2. The molecule has 0 saturated carbocycles. The van der Waals surface area contributed by atoms with Crippen LogP contribution < -0.4 is 4.90 Å². The molecule has 3 aliphatic rings. The highest BCUT2D eigenvalue weighted by Gasteiger charge is 2.44. The summed E-state index contributed by atoms with van der Waals surface area (Å²) in [5.41, 5.74) is 2.60. The van der Waals surface area contributed by atoms with E-state index in [2.05, 4.69) is 4.90 Å². The zero-order chi connectivity index (χ0) is 22.5. The smallest absolute Gasteiger partial charge is 0.310 e. The average Bonchev–Trinajstić information content (AvgIpc) is 3.10. The van der Waals surface area contributed by atoms with E-state index >= 15 is 0 Å². The minimum absolute atomic E-state index is 0.258. The molecular formula is C22H26Cl2N2O4S. The van der Waals surface area contributed by atoms with Gasteiger partial charge in [-0.05, 0) is 56.9 Å². The number of sulfonamides is 1. The number of rotatable bonds is 4. The summed E-state index contributed by atoms with van der Waals surface area (Å²) in [4.78, 5) is 13.7. The van der Waals surface area contributed by atoms with Crippen LogP contribution in [0.15, 0.2) is 41.5 Å². The Hall–Kier alpha value is -1.54. The topological polar surface area (TPSA) is 77.9 Å². The maximum atomic E-state index is 13.6. The van der Waals surface area contributed by atoms with Crippen molar-refractivity contribution in [3.8, 4) is 0 Å². The molecule has 4 rings (SSSR count). The maximum Gasteiger partial charge on any atom is 0.310 e. The molecule has 0 aromatic heterocycles. The molecule has 9 heteroatoms. The third kappa shape index (κ3) is 4.13. The SMILES string of the molecule is C[C@@H]1CN(c2ccc(Cl)cc2Cl)C[C@H](C)N1S(=O)(=O)C1C=CC2=C(C1)C(C(=O)O)CC2. The van der Waals surface area contributed by atoms with Crippen molar-refractivity contribution < 1.29 is 18.3 Å². The van der Waals surface area contributed by atoms with E-state index in [1.807, 2.05) is 26.0 Å². The van der Waals surface area contributed by atoms with E-state index in [0.717, 1.165) is 16.8 Å². The van der Waals surface area contributed by atoms with Gasteiger partial charge in [-0.25, -0.2) is 8.42 Å². The van der Waals surface area contributed by atoms with Gasteiger partial charge in [-0.15, -0.1) is 0 Å². The van der Waals surface area contributed by atoms with Gasteiger partial charge in [-0.1, -0.05) is 40.9 Å². The maximum absolute atomic E-state index is 13.6. The Bertz CT molecular complexity index is 1060. The van der Waals surface area contributed by atoms with Crippen LogP contribution in [0.5, 0.6) is 0 Å². The van der Waals surface area contributed by atoms with Crippen molar-refractivity contribution in [1.29, 1.82) is 0 Å². The molecule has 2 unspecified atom stereocenters. The Morgan fingerprint density at radius 1 is 1.16 bits per heavy atom. The lowest BCUT2D eigenvalue weighted by molar-refractivity contribution is -0.140. The number of piperazine rings is 1. The van der Waals surface area contributed by atoms with Gasteiger partial charge >= 0.3 is 5.97 Å². The minimum atomic E-state index is -3.66. The highest BCUT2D eigenvalue weighted by molar-refractivity contribution is 7.90. The molecule has 4 atom stereocenters. The number of carboxylic acid groups (broad SMARTS) is 1. The van der Waals surface area contributed by atoms with Crippen molar-refractivity contribution in [2.45, 2.75) is 50.4 Å². The first-order valence-corrected chi connectivity index (χ1v) is 12.7. The van der Waals surface area contributed by atoms with Crippen LogP contribution in [0.3, 0.4) is 0 Å². The lowest BCUT2D eigenvalue weighted by Crippen LogP contribution is -2.60.